The Morgan fingerprint density at radius 1 is 1.28 bits per heavy atom. The zero-order chi connectivity index (χ0) is 14.6. The maximum atomic E-state index is 12.3. The van der Waals surface area contributed by atoms with Gasteiger partial charge in [-0.15, -0.1) is 0 Å². The average Bonchev–Trinajstić information content (AvgIpc) is 2.19. The average molecular weight is 270 g/mol. The molecule has 0 aromatic heterocycles. The predicted molar refractivity (Wildman–Crippen MR) is 57.5 cm³/mol. The summed E-state index contributed by atoms with van der Waals surface area (Å²) in [5.74, 6) is -1.56. The molecule has 8 heteroatoms. The molecule has 106 valence electrons. The Hall–Kier alpha value is -1.31. The van der Waals surface area contributed by atoms with Crippen LogP contribution in [0.15, 0.2) is 0 Å². The number of ether oxygens (including phenoxy) is 1. The van der Waals surface area contributed by atoms with E-state index in [4.69, 9.17) is 5.73 Å². The van der Waals surface area contributed by atoms with Gasteiger partial charge in [0.05, 0.1) is 19.1 Å². The van der Waals surface area contributed by atoms with Gasteiger partial charge >= 0.3 is 12.1 Å². The van der Waals surface area contributed by atoms with Crippen molar-refractivity contribution in [1.29, 1.82) is 0 Å². The van der Waals surface area contributed by atoms with Crippen LogP contribution in [0.3, 0.4) is 0 Å². The number of halogens is 3. The van der Waals surface area contributed by atoms with Crippen molar-refractivity contribution in [2.75, 3.05) is 20.2 Å². The monoisotopic (exact) mass is 270 g/mol. The highest BCUT2D eigenvalue weighted by atomic mass is 19.4. The second kappa shape index (κ2) is 6.03. The third-order valence-electron chi connectivity index (χ3n) is 2.02. The topological polar surface area (TPSA) is 72.6 Å². The Morgan fingerprint density at radius 2 is 1.78 bits per heavy atom. The third-order valence-corrected chi connectivity index (χ3v) is 2.02. The van der Waals surface area contributed by atoms with Gasteiger partial charge in [0, 0.05) is 6.54 Å². The zero-order valence-electron chi connectivity index (χ0n) is 10.5. The van der Waals surface area contributed by atoms with Crippen LogP contribution in [0.25, 0.3) is 0 Å². The highest BCUT2D eigenvalue weighted by Gasteiger charge is 2.37. The SMILES string of the molecule is COC(=O)CCN(CC(F)(F)F)C(=O)C(C)(C)N. The second-order valence-electron chi connectivity index (χ2n) is 4.39. The Bertz CT molecular complexity index is 310. The first kappa shape index (κ1) is 16.7. The van der Waals surface area contributed by atoms with Gasteiger partial charge in [-0.2, -0.15) is 13.2 Å². The number of nitrogens with two attached hydrogens (primary N) is 1. The number of nitrogens with zero attached hydrogens (tertiary/aromatic N) is 1. The van der Waals surface area contributed by atoms with Gasteiger partial charge in [-0.25, -0.2) is 0 Å². The maximum Gasteiger partial charge on any atom is 0.406 e. The Balaban J connectivity index is 4.73. The number of methoxy groups -OCH3 is 1. The number of esters is 1. The minimum Gasteiger partial charge on any atom is -0.469 e. The van der Waals surface area contributed by atoms with Crippen LogP contribution in [0.5, 0.6) is 0 Å². The van der Waals surface area contributed by atoms with Gasteiger partial charge in [0.1, 0.15) is 6.54 Å². The molecule has 0 fully saturated rings. The number of amides is 1. The number of alkyl halides is 3. The summed E-state index contributed by atoms with van der Waals surface area (Å²) in [6.07, 6.45) is -4.86. The number of carbonyl (C=O) groups is 2. The lowest BCUT2D eigenvalue weighted by Crippen LogP contribution is -2.53. The molecule has 0 aliphatic carbocycles. The fraction of sp³-hybridized carbons (Fsp3) is 0.800. The van der Waals surface area contributed by atoms with E-state index in [9.17, 15) is 22.8 Å². The molecule has 0 aliphatic rings. The molecule has 5 nitrogen and oxygen atoms in total. The van der Waals surface area contributed by atoms with E-state index in [2.05, 4.69) is 4.74 Å². The van der Waals surface area contributed by atoms with Crippen molar-refractivity contribution in [3.63, 3.8) is 0 Å². The smallest absolute Gasteiger partial charge is 0.406 e. The minimum absolute atomic E-state index is 0.311. The molecule has 0 heterocycles. The van der Waals surface area contributed by atoms with Gasteiger partial charge in [-0.3, -0.25) is 9.59 Å². The van der Waals surface area contributed by atoms with Gasteiger partial charge in [0.25, 0.3) is 0 Å². The van der Waals surface area contributed by atoms with Gasteiger partial charge in [0.2, 0.25) is 5.91 Å². The van der Waals surface area contributed by atoms with Gasteiger partial charge in [-0.1, -0.05) is 0 Å². The van der Waals surface area contributed by atoms with Gasteiger partial charge in [-0.05, 0) is 13.8 Å². The van der Waals surface area contributed by atoms with Crippen LogP contribution >= 0.6 is 0 Å². The van der Waals surface area contributed by atoms with E-state index in [1.165, 1.54) is 13.8 Å². The number of rotatable bonds is 5. The first-order chi connectivity index (χ1) is 7.97. The van der Waals surface area contributed by atoms with Crippen molar-refractivity contribution < 1.29 is 27.5 Å². The van der Waals surface area contributed by atoms with Crippen LogP contribution in [0, 0.1) is 0 Å². The molecule has 0 radical (unpaired) electrons. The second-order valence-corrected chi connectivity index (χ2v) is 4.39. The molecule has 18 heavy (non-hydrogen) atoms. The first-order valence-corrected chi connectivity index (χ1v) is 5.19. The van der Waals surface area contributed by atoms with Crippen molar-refractivity contribution in [3.05, 3.63) is 0 Å². The Morgan fingerprint density at radius 3 is 2.11 bits per heavy atom. The van der Waals surface area contributed by atoms with Crippen LogP contribution in [-0.4, -0.2) is 48.7 Å². The summed E-state index contributed by atoms with van der Waals surface area (Å²) in [6, 6.07) is 0. The summed E-state index contributed by atoms with van der Waals surface area (Å²) in [6.45, 7) is 0.781. The zero-order valence-corrected chi connectivity index (χ0v) is 10.5. The molecule has 0 aromatic carbocycles. The van der Waals surface area contributed by atoms with Crippen LogP contribution in [0.4, 0.5) is 13.2 Å². The number of hydrogen-bond acceptors (Lipinski definition) is 4. The largest absolute Gasteiger partial charge is 0.469 e. The standard InChI is InChI=1S/C10H17F3N2O3/c1-9(2,14)8(17)15(6-10(11,12)13)5-4-7(16)18-3/h4-6,14H2,1-3H3. The molecule has 2 N–H and O–H groups in total. The predicted octanol–water partition coefficient (Wildman–Crippen LogP) is 0.678. The lowest BCUT2D eigenvalue weighted by Gasteiger charge is -2.29. The quantitative estimate of drug-likeness (QED) is 0.745. The maximum absolute atomic E-state index is 12.3. The summed E-state index contributed by atoms with van der Waals surface area (Å²) in [5, 5.41) is 0. The third kappa shape index (κ3) is 6.43. The molecule has 0 spiro atoms. The molecule has 0 rings (SSSR count). The van der Waals surface area contributed by atoms with Crippen LogP contribution < -0.4 is 5.73 Å². The highest BCUT2D eigenvalue weighted by molar-refractivity contribution is 5.85. The molecular formula is C10H17F3N2O3. The summed E-state index contributed by atoms with van der Waals surface area (Å²) in [4.78, 5) is 23.1. The van der Waals surface area contributed by atoms with Crippen molar-refractivity contribution in [3.8, 4) is 0 Å². The number of hydrogen-bond donors (Lipinski definition) is 1. The van der Waals surface area contributed by atoms with E-state index in [0.717, 1.165) is 7.11 Å². The fourth-order valence-corrected chi connectivity index (χ4v) is 1.20. The highest BCUT2D eigenvalue weighted by Crippen LogP contribution is 2.18. The Labute approximate surface area is 103 Å². The molecule has 0 bridgehead atoms. The summed E-state index contributed by atoms with van der Waals surface area (Å²) in [5.41, 5.74) is 4.03. The van der Waals surface area contributed by atoms with E-state index in [-0.39, 0.29) is 13.0 Å². The van der Waals surface area contributed by atoms with Gasteiger partial charge < -0.3 is 15.4 Å². The molecule has 0 aliphatic heterocycles. The minimum atomic E-state index is -4.54. The molecule has 0 unspecified atom stereocenters. The molecule has 0 saturated carbocycles. The van der Waals surface area contributed by atoms with Crippen molar-refractivity contribution in [2.45, 2.75) is 32.0 Å². The van der Waals surface area contributed by atoms with E-state index >= 15 is 0 Å². The molecular weight excluding hydrogens is 253 g/mol. The van der Waals surface area contributed by atoms with Crippen molar-refractivity contribution >= 4 is 11.9 Å². The van der Waals surface area contributed by atoms with E-state index < -0.39 is 30.1 Å². The molecule has 0 aromatic rings. The molecule has 0 atom stereocenters. The van der Waals surface area contributed by atoms with E-state index in [1.54, 1.807) is 0 Å². The first-order valence-electron chi connectivity index (χ1n) is 5.19. The molecule has 1 amide bonds. The lowest BCUT2D eigenvalue weighted by atomic mass is 10.1. The lowest BCUT2D eigenvalue weighted by molar-refractivity contribution is -0.165. The Kier molecular flexibility index (Phi) is 5.59. The van der Waals surface area contributed by atoms with Crippen LogP contribution in [-0.2, 0) is 14.3 Å². The fourth-order valence-electron chi connectivity index (χ4n) is 1.20. The van der Waals surface area contributed by atoms with Crippen LogP contribution in [0.1, 0.15) is 20.3 Å². The summed E-state index contributed by atoms with van der Waals surface area (Å²) < 4.78 is 41.2. The van der Waals surface area contributed by atoms with Crippen molar-refractivity contribution in [1.82, 2.24) is 4.90 Å². The number of carbonyl (C=O) groups excluding carboxylic acids is 2. The van der Waals surface area contributed by atoms with Crippen molar-refractivity contribution in [2.24, 2.45) is 5.73 Å². The summed E-state index contributed by atoms with van der Waals surface area (Å²) >= 11 is 0. The van der Waals surface area contributed by atoms with Crippen LogP contribution in [0.2, 0.25) is 0 Å². The molecule has 0 saturated heterocycles. The van der Waals surface area contributed by atoms with Gasteiger partial charge in [0.15, 0.2) is 0 Å². The normalized spacial score (nSPS) is 12.2. The summed E-state index contributed by atoms with van der Waals surface area (Å²) in [7, 11) is 1.12. The van der Waals surface area contributed by atoms with E-state index in [1.807, 2.05) is 0 Å². The van der Waals surface area contributed by atoms with E-state index in [0.29, 0.717) is 4.90 Å².